The monoisotopic (exact) mass is 321 g/mol. The van der Waals surface area contributed by atoms with Gasteiger partial charge in [0.15, 0.2) is 5.60 Å². The molecule has 1 saturated heterocycles. The summed E-state index contributed by atoms with van der Waals surface area (Å²) in [5.41, 5.74) is -0.414. The van der Waals surface area contributed by atoms with E-state index in [0.29, 0.717) is 13.0 Å². The summed E-state index contributed by atoms with van der Waals surface area (Å²) < 4.78 is 10.9. The van der Waals surface area contributed by atoms with Crippen LogP contribution in [0.3, 0.4) is 0 Å². The van der Waals surface area contributed by atoms with Crippen molar-refractivity contribution in [2.24, 2.45) is 0 Å². The molecule has 1 aliphatic heterocycles. The molecule has 2 rings (SSSR count). The van der Waals surface area contributed by atoms with Crippen LogP contribution >= 0.6 is 0 Å². The third-order valence-electron chi connectivity index (χ3n) is 4.52. The van der Waals surface area contributed by atoms with E-state index >= 15 is 0 Å². The molecule has 0 aromatic heterocycles. The molecule has 3 unspecified atom stereocenters. The van der Waals surface area contributed by atoms with Gasteiger partial charge in [-0.05, 0) is 18.9 Å². The van der Waals surface area contributed by atoms with E-state index in [0.717, 1.165) is 5.56 Å². The number of hydrogen-bond donors (Lipinski definition) is 1. The van der Waals surface area contributed by atoms with Crippen molar-refractivity contribution in [2.75, 3.05) is 20.8 Å². The Bertz CT molecular complexity index is 561. The number of ether oxygens (including phenoxy) is 2. The SMILES string of the molecule is COC1CC(CC(=O)O)N(C(=O)C(C)(OC)c2ccccc2)C1. The van der Waals surface area contributed by atoms with Gasteiger partial charge in [0.2, 0.25) is 0 Å². The molecule has 0 bridgehead atoms. The molecule has 1 amide bonds. The van der Waals surface area contributed by atoms with Crippen LogP contribution in [-0.4, -0.2) is 54.8 Å². The Hall–Kier alpha value is -1.92. The molecule has 23 heavy (non-hydrogen) atoms. The number of aliphatic carboxylic acids is 1. The quantitative estimate of drug-likeness (QED) is 0.862. The van der Waals surface area contributed by atoms with Crippen molar-refractivity contribution in [2.45, 2.75) is 37.5 Å². The summed E-state index contributed by atoms with van der Waals surface area (Å²) in [6.45, 7) is 2.09. The molecule has 1 aromatic rings. The zero-order chi connectivity index (χ0) is 17.0. The molecule has 1 aliphatic rings. The van der Waals surface area contributed by atoms with Crippen LogP contribution in [0.5, 0.6) is 0 Å². The van der Waals surface area contributed by atoms with E-state index in [2.05, 4.69) is 0 Å². The van der Waals surface area contributed by atoms with E-state index in [1.807, 2.05) is 30.3 Å². The number of carbonyl (C=O) groups excluding carboxylic acids is 1. The summed E-state index contributed by atoms with van der Waals surface area (Å²) in [6, 6.07) is 8.83. The van der Waals surface area contributed by atoms with Crippen LogP contribution in [0.2, 0.25) is 0 Å². The van der Waals surface area contributed by atoms with Crippen molar-refractivity contribution in [3.05, 3.63) is 35.9 Å². The van der Waals surface area contributed by atoms with Gasteiger partial charge in [0.1, 0.15) is 0 Å². The summed E-state index contributed by atoms with van der Waals surface area (Å²) in [6.07, 6.45) is 0.267. The first-order chi connectivity index (χ1) is 10.9. The first kappa shape index (κ1) is 17.4. The van der Waals surface area contributed by atoms with Crippen LogP contribution in [-0.2, 0) is 24.7 Å². The van der Waals surface area contributed by atoms with Crippen LogP contribution in [0.1, 0.15) is 25.3 Å². The standard InChI is InChI=1S/C17H23NO5/c1-17(23-3,12-7-5-4-6-8-12)16(21)18-11-14(22-2)9-13(18)10-15(19)20/h4-8,13-14H,9-11H2,1-3H3,(H,19,20). The minimum atomic E-state index is -1.15. The van der Waals surface area contributed by atoms with E-state index in [1.165, 1.54) is 7.11 Å². The number of methoxy groups -OCH3 is 2. The summed E-state index contributed by atoms with van der Waals surface area (Å²) in [5, 5.41) is 9.10. The average molecular weight is 321 g/mol. The molecule has 0 radical (unpaired) electrons. The molecule has 0 spiro atoms. The Labute approximate surface area is 136 Å². The third-order valence-corrected chi connectivity index (χ3v) is 4.52. The predicted molar refractivity (Wildman–Crippen MR) is 84.0 cm³/mol. The Kier molecular flexibility index (Phi) is 5.38. The summed E-state index contributed by atoms with van der Waals surface area (Å²) in [7, 11) is 3.06. The number of rotatable bonds is 6. The highest BCUT2D eigenvalue weighted by Gasteiger charge is 2.45. The van der Waals surface area contributed by atoms with Gasteiger partial charge in [-0.2, -0.15) is 0 Å². The predicted octanol–water partition coefficient (Wildman–Crippen LogP) is 1.64. The Morgan fingerprint density at radius 2 is 1.96 bits per heavy atom. The fourth-order valence-electron chi connectivity index (χ4n) is 3.05. The highest BCUT2D eigenvalue weighted by Crippen LogP contribution is 2.32. The maximum Gasteiger partial charge on any atom is 0.305 e. The van der Waals surface area contributed by atoms with Gasteiger partial charge in [-0.25, -0.2) is 0 Å². The molecule has 1 N–H and O–H groups in total. The lowest BCUT2D eigenvalue weighted by Crippen LogP contribution is -2.49. The lowest BCUT2D eigenvalue weighted by atomic mass is 9.93. The number of carboxylic acids is 1. The van der Waals surface area contributed by atoms with Gasteiger partial charge in [-0.15, -0.1) is 0 Å². The molecule has 3 atom stereocenters. The van der Waals surface area contributed by atoms with Crippen molar-refractivity contribution < 1.29 is 24.2 Å². The number of hydrogen-bond acceptors (Lipinski definition) is 4. The largest absolute Gasteiger partial charge is 0.481 e. The molecule has 1 aromatic carbocycles. The smallest absolute Gasteiger partial charge is 0.305 e. The molecule has 6 nitrogen and oxygen atoms in total. The second-order valence-electron chi connectivity index (χ2n) is 5.91. The van der Waals surface area contributed by atoms with Crippen LogP contribution in [0.4, 0.5) is 0 Å². The zero-order valence-corrected chi connectivity index (χ0v) is 13.7. The number of amides is 1. The lowest BCUT2D eigenvalue weighted by molar-refractivity contribution is -0.156. The third kappa shape index (κ3) is 3.54. The second-order valence-corrected chi connectivity index (χ2v) is 5.91. The zero-order valence-electron chi connectivity index (χ0n) is 13.7. The number of carboxylic acid groups (broad SMARTS) is 1. The highest BCUT2D eigenvalue weighted by atomic mass is 16.5. The molecule has 0 saturated carbocycles. The number of likely N-dealkylation sites (tertiary alicyclic amines) is 1. The molecule has 1 heterocycles. The van der Waals surface area contributed by atoms with E-state index in [-0.39, 0.29) is 24.5 Å². The molecule has 6 heteroatoms. The molecular formula is C17H23NO5. The Morgan fingerprint density at radius 1 is 1.30 bits per heavy atom. The second kappa shape index (κ2) is 7.10. The number of carbonyl (C=O) groups is 2. The Morgan fingerprint density at radius 3 is 2.48 bits per heavy atom. The van der Waals surface area contributed by atoms with Crippen molar-refractivity contribution in [3.8, 4) is 0 Å². The van der Waals surface area contributed by atoms with Crippen LogP contribution in [0.15, 0.2) is 30.3 Å². The van der Waals surface area contributed by atoms with Gasteiger partial charge in [0.05, 0.1) is 12.5 Å². The normalized spacial score (nSPS) is 23.5. The summed E-state index contributed by atoms with van der Waals surface area (Å²) >= 11 is 0. The molecule has 126 valence electrons. The fraction of sp³-hybridized carbons (Fsp3) is 0.529. The van der Waals surface area contributed by atoms with E-state index < -0.39 is 11.6 Å². The van der Waals surface area contributed by atoms with Gasteiger partial charge < -0.3 is 19.5 Å². The van der Waals surface area contributed by atoms with Crippen LogP contribution < -0.4 is 0 Å². The highest BCUT2D eigenvalue weighted by molar-refractivity contribution is 5.87. The van der Waals surface area contributed by atoms with Crippen LogP contribution in [0, 0.1) is 0 Å². The van der Waals surface area contributed by atoms with E-state index in [9.17, 15) is 9.59 Å². The van der Waals surface area contributed by atoms with Crippen molar-refractivity contribution in [3.63, 3.8) is 0 Å². The van der Waals surface area contributed by atoms with Gasteiger partial charge in [0, 0.05) is 26.8 Å². The molecular weight excluding hydrogens is 298 g/mol. The fourth-order valence-corrected chi connectivity index (χ4v) is 3.05. The van der Waals surface area contributed by atoms with Gasteiger partial charge in [-0.3, -0.25) is 9.59 Å². The van der Waals surface area contributed by atoms with Gasteiger partial charge in [0.25, 0.3) is 5.91 Å². The van der Waals surface area contributed by atoms with Gasteiger partial charge in [-0.1, -0.05) is 30.3 Å². The molecule has 0 aliphatic carbocycles. The van der Waals surface area contributed by atoms with E-state index in [1.54, 1.807) is 18.9 Å². The number of nitrogens with zero attached hydrogens (tertiary/aromatic N) is 1. The maximum absolute atomic E-state index is 13.1. The first-order valence-electron chi connectivity index (χ1n) is 7.58. The number of benzene rings is 1. The first-order valence-corrected chi connectivity index (χ1v) is 7.58. The topological polar surface area (TPSA) is 76.1 Å². The molecule has 1 fully saturated rings. The average Bonchev–Trinajstić information content (AvgIpc) is 2.96. The Balaban J connectivity index is 2.29. The summed E-state index contributed by atoms with van der Waals surface area (Å²) in [5.74, 6) is -1.17. The minimum Gasteiger partial charge on any atom is -0.481 e. The maximum atomic E-state index is 13.1. The van der Waals surface area contributed by atoms with Crippen molar-refractivity contribution in [1.29, 1.82) is 0 Å². The lowest BCUT2D eigenvalue weighted by Gasteiger charge is -2.34. The van der Waals surface area contributed by atoms with E-state index in [4.69, 9.17) is 14.6 Å². The minimum absolute atomic E-state index is 0.0970. The summed E-state index contributed by atoms with van der Waals surface area (Å²) in [4.78, 5) is 25.8. The van der Waals surface area contributed by atoms with Crippen molar-refractivity contribution >= 4 is 11.9 Å². The van der Waals surface area contributed by atoms with Crippen LogP contribution in [0.25, 0.3) is 0 Å². The van der Waals surface area contributed by atoms with Gasteiger partial charge >= 0.3 is 5.97 Å². The van der Waals surface area contributed by atoms with Crippen molar-refractivity contribution in [1.82, 2.24) is 4.90 Å².